The Labute approximate surface area is 323 Å². The monoisotopic (exact) mass is 885 g/mol. The SMILES string of the molecule is Cc1cc(Nc2nc(Cl)nc(NCCN3CCN(c4nc(Cl)nc(Nc5cc(C)c(S(=O)(=O)O)cc5S(=O)(=O)O)n4)CC3)n2)c(S(=O)(=O)O)cc1S(=O)(=O)O. The summed E-state index contributed by atoms with van der Waals surface area (Å²) in [6, 6.07) is 3.28. The molecule has 2 aromatic carbocycles. The molecule has 0 atom stereocenters. The van der Waals surface area contributed by atoms with Gasteiger partial charge in [0, 0.05) is 39.3 Å². The van der Waals surface area contributed by atoms with E-state index in [2.05, 4.69) is 50.8 Å². The molecule has 1 aliphatic heterocycles. The zero-order chi connectivity index (χ0) is 40.7. The highest BCUT2D eigenvalue weighted by molar-refractivity contribution is 7.87. The summed E-state index contributed by atoms with van der Waals surface area (Å²) in [6.45, 7) is 5.12. The average molecular weight is 887 g/mol. The molecular weight excluding hydrogens is 858 g/mol. The largest absolute Gasteiger partial charge is 0.353 e. The Balaban J connectivity index is 1.22. The summed E-state index contributed by atoms with van der Waals surface area (Å²) in [5.74, 6) is -0.375. The quantitative estimate of drug-likeness (QED) is 0.0939. The number of hydrogen-bond donors (Lipinski definition) is 7. The van der Waals surface area contributed by atoms with Gasteiger partial charge in [0.05, 0.1) is 21.2 Å². The Hall–Kier alpha value is -4.16. The number of halogens is 2. The second-order valence-corrected chi connectivity index (χ2v) is 17.8. The van der Waals surface area contributed by atoms with Crippen LogP contribution in [0.25, 0.3) is 0 Å². The van der Waals surface area contributed by atoms with Gasteiger partial charge in [-0.25, -0.2) is 0 Å². The second kappa shape index (κ2) is 15.8. The van der Waals surface area contributed by atoms with Gasteiger partial charge in [0.1, 0.15) is 9.79 Å². The van der Waals surface area contributed by atoms with Crippen molar-refractivity contribution in [2.24, 2.45) is 0 Å². The van der Waals surface area contributed by atoms with Gasteiger partial charge in [0.15, 0.2) is 0 Å². The van der Waals surface area contributed by atoms with E-state index in [0.717, 1.165) is 12.1 Å². The van der Waals surface area contributed by atoms with Gasteiger partial charge in [-0.1, -0.05) is 0 Å². The average Bonchev–Trinajstić information content (AvgIpc) is 3.02. The van der Waals surface area contributed by atoms with Crippen molar-refractivity contribution in [3.8, 4) is 0 Å². The molecule has 5 rings (SSSR count). The fraction of sp³-hybridized carbons (Fsp3) is 0.308. The maximum absolute atomic E-state index is 12.1. The highest BCUT2D eigenvalue weighted by atomic mass is 35.5. The van der Waals surface area contributed by atoms with E-state index in [1.165, 1.54) is 13.8 Å². The fourth-order valence-corrected chi connectivity index (χ4v) is 8.52. The molecule has 2 aromatic heterocycles. The van der Waals surface area contributed by atoms with Crippen LogP contribution in [0.15, 0.2) is 43.8 Å². The molecule has 1 saturated heterocycles. The molecule has 4 aromatic rings. The maximum atomic E-state index is 12.1. The van der Waals surface area contributed by atoms with Gasteiger partial charge in [-0.3, -0.25) is 23.1 Å². The van der Waals surface area contributed by atoms with Crippen LogP contribution in [0.5, 0.6) is 0 Å². The zero-order valence-electron chi connectivity index (χ0n) is 28.1. The Morgan fingerprint density at radius 1 is 0.582 bits per heavy atom. The van der Waals surface area contributed by atoms with Crippen LogP contribution in [0.4, 0.5) is 35.2 Å². The van der Waals surface area contributed by atoms with Crippen LogP contribution < -0.4 is 20.9 Å². The predicted octanol–water partition coefficient (Wildman–Crippen LogP) is 1.69. The number of nitrogens with one attached hydrogen (secondary N) is 3. The van der Waals surface area contributed by atoms with E-state index in [1.54, 1.807) is 4.90 Å². The van der Waals surface area contributed by atoms with E-state index in [9.17, 15) is 51.9 Å². The number of benzene rings is 2. The van der Waals surface area contributed by atoms with Crippen molar-refractivity contribution >= 4 is 98.8 Å². The lowest BCUT2D eigenvalue weighted by Gasteiger charge is -2.34. The Bertz CT molecular complexity index is 2610. The summed E-state index contributed by atoms with van der Waals surface area (Å²) in [5, 5.41) is 7.58. The lowest BCUT2D eigenvalue weighted by Crippen LogP contribution is -2.48. The van der Waals surface area contributed by atoms with Crippen LogP contribution in [0.2, 0.25) is 10.6 Å². The molecule has 0 spiro atoms. The van der Waals surface area contributed by atoms with E-state index in [4.69, 9.17) is 23.2 Å². The van der Waals surface area contributed by atoms with Crippen LogP contribution in [0.1, 0.15) is 11.1 Å². The number of aromatic nitrogens is 6. The second-order valence-electron chi connectivity index (χ2n) is 11.6. The van der Waals surface area contributed by atoms with Crippen molar-refractivity contribution in [1.82, 2.24) is 34.8 Å². The Morgan fingerprint density at radius 2 is 1.00 bits per heavy atom. The third kappa shape index (κ3) is 10.6. The Kier molecular flexibility index (Phi) is 12.0. The maximum Gasteiger partial charge on any atom is 0.296 e. The van der Waals surface area contributed by atoms with Gasteiger partial charge in [-0.05, 0) is 72.4 Å². The minimum absolute atomic E-state index is 0.0133. The van der Waals surface area contributed by atoms with Crippen LogP contribution >= 0.6 is 23.2 Å². The summed E-state index contributed by atoms with van der Waals surface area (Å²) >= 11 is 12.2. The standard InChI is InChI=1S/C26H29Cl2N11O12S4/c1-13-9-15(19(54(46,47)48)11-17(13)52(40,41)42)30-24-33-21(27)32-23(36-24)29-3-4-38-5-7-39(8-6-38)26-35-22(28)34-25(37-26)31-16-10-14(2)18(53(43,44)45)12-20(16)55(49,50)51/h9-12H,3-8H2,1-2H3,(H,40,41,42)(H,43,44,45)(H,46,47,48)(H,49,50,51)(H,31,34,35,37)(H2,29,30,32,33,36). The Morgan fingerprint density at radius 3 is 1.45 bits per heavy atom. The number of aryl methyl sites for hydroxylation is 2. The molecule has 0 radical (unpaired) electrons. The molecule has 0 amide bonds. The molecule has 298 valence electrons. The van der Waals surface area contributed by atoms with Crippen molar-refractivity contribution in [2.75, 3.05) is 60.1 Å². The summed E-state index contributed by atoms with van der Waals surface area (Å²) in [5.41, 5.74) is -0.710. The molecule has 23 nitrogen and oxygen atoms in total. The molecule has 1 fully saturated rings. The topological polar surface area (TPSA) is 337 Å². The van der Waals surface area contributed by atoms with Crippen LogP contribution in [0.3, 0.4) is 0 Å². The first-order valence-corrected chi connectivity index (χ1v) is 21.7. The minimum atomic E-state index is -4.99. The third-order valence-electron chi connectivity index (χ3n) is 7.73. The van der Waals surface area contributed by atoms with E-state index < -0.39 is 60.1 Å². The van der Waals surface area contributed by atoms with Crippen LogP contribution in [0, 0.1) is 13.8 Å². The first kappa shape index (κ1) is 42.0. The smallest absolute Gasteiger partial charge is 0.296 e. The van der Waals surface area contributed by atoms with Crippen molar-refractivity contribution in [3.63, 3.8) is 0 Å². The van der Waals surface area contributed by atoms with E-state index in [-0.39, 0.29) is 63.4 Å². The number of nitrogens with zero attached hydrogens (tertiary/aromatic N) is 8. The van der Waals surface area contributed by atoms with Gasteiger partial charge < -0.3 is 20.9 Å². The van der Waals surface area contributed by atoms with Crippen LogP contribution in [-0.2, 0) is 40.5 Å². The summed E-state index contributed by atoms with van der Waals surface area (Å²) < 4.78 is 133. The number of rotatable bonds is 13. The molecule has 0 bridgehead atoms. The van der Waals surface area contributed by atoms with Crippen molar-refractivity contribution in [2.45, 2.75) is 33.4 Å². The third-order valence-corrected chi connectivity index (χ3v) is 11.8. The number of hydrogen-bond acceptors (Lipinski definition) is 19. The lowest BCUT2D eigenvalue weighted by atomic mass is 10.2. The molecule has 0 saturated carbocycles. The molecule has 3 heterocycles. The lowest BCUT2D eigenvalue weighted by molar-refractivity contribution is 0.266. The molecule has 55 heavy (non-hydrogen) atoms. The fourth-order valence-electron chi connectivity index (χ4n) is 5.28. The van der Waals surface area contributed by atoms with Crippen molar-refractivity contribution in [1.29, 1.82) is 0 Å². The number of anilines is 6. The zero-order valence-corrected chi connectivity index (χ0v) is 32.9. The first-order chi connectivity index (χ1) is 25.4. The number of piperazine rings is 1. The summed E-state index contributed by atoms with van der Waals surface area (Å²) in [4.78, 5) is 25.0. The normalized spacial score (nSPS) is 14.5. The molecule has 0 unspecified atom stereocenters. The predicted molar refractivity (Wildman–Crippen MR) is 195 cm³/mol. The highest BCUT2D eigenvalue weighted by Gasteiger charge is 2.26. The molecule has 29 heteroatoms. The highest BCUT2D eigenvalue weighted by Crippen LogP contribution is 2.32. The minimum Gasteiger partial charge on any atom is -0.353 e. The van der Waals surface area contributed by atoms with Crippen LogP contribution in [-0.4, -0.2) is 126 Å². The van der Waals surface area contributed by atoms with E-state index >= 15 is 0 Å². The van der Waals surface area contributed by atoms with E-state index in [0.29, 0.717) is 44.9 Å². The molecule has 1 aliphatic rings. The molecule has 0 aliphatic carbocycles. The van der Waals surface area contributed by atoms with Gasteiger partial charge in [-0.2, -0.15) is 63.6 Å². The first-order valence-electron chi connectivity index (χ1n) is 15.2. The molecular formula is C26H29Cl2N11O12S4. The van der Waals surface area contributed by atoms with Gasteiger partial charge in [0.25, 0.3) is 40.5 Å². The summed E-state index contributed by atoms with van der Waals surface area (Å²) in [6.07, 6.45) is 0. The van der Waals surface area contributed by atoms with E-state index in [1.807, 2.05) is 0 Å². The van der Waals surface area contributed by atoms with Gasteiger partial charge >= 0.3 is 0 Å². The van der Waals surface area contributed by atoms with Gasteiger partial charge in [0.2, 0.25) is 34.4 Å². The van der Waals surface area contributed by atoms with Gasteiger partial charge in [-0.15, -0.1) is 0 Å². The summed E-state index contributed by atoms with van der Waals surface area (Å²) in [7, 11) is -19.6. The van der Waals surface area contributed by atoms with Crippen molar-refractivity contribution < 1.29 is 51.9 Å². The molecule has 7 N–H and O–H groups in total. The van der Waals surface area contributed by atoms with Crippen molar-refractivity contribution in [3.05, 3.63) is 46.0 Å².